The molecule has 1 aliphatic rings. The zero-order chi connectivity index (χ0) is 16.1. The van der Waals surface area contributed by atoms with E-state index in [4.69, 9.17) is 11.6 Å². The zero-order valence-corrected chi connectivity index (χ0v) is 13.9. The van der Waals surface area contributed by atoms with E-state index in [9.17, 15) is 4.79 Å². The summed E-state index contributed by atoms with van der Waals surface area (Å²) < 4.78 is 0. The topological polar surface area (TPSA) is 17.1 Å². The number of hydrogen-bond acceptors (Lipinski definition) is 1. The molecule has 0 saturated heterocycles. The van der Waals surface area contributed by atoms with Crippen LogP contribution in [0, 0.1) is 0 Å². The van der Waals surface area contributed by atoms with Crippen molar-refractivity contribution in [3.8, 4) is 0 Å². The second kappa shape index (κ2) is 7.61. The molecule has 2 heteroatoms. The van der Waals surface area contributed by atoms with Crippen LogP contribution in [0.25, 0.3) is 6.08 Å². The number of allylic oxidation sites excluding steroid dienone is 1. The van der Waals surface area contributed by atoms with Crippen LogP contribution in [0.4, 0.5) is 0 Å². The van der Waals surface area contributed by atoms with Crippen LogP contribution < -0.4 is 0 Å². The molecule has 23 heavy (non-hydrogen) atoms. The van der Waals surface area contributed by atoms with Crippen LogP contribution in [0.15, 0.2) is 54.6 Å². The second-order valence-corrected chi connectivity index (χ2v) is 6.64. The maximum atomic E-state index is 12.1. The monoisotopic (exact) mass is 324 g/mol. The Balaban J connectivity index is 1.65. The number of halogens is 1. The summed E-state index contributed by atoms with van der Waals surface area (Å²) in [5.41, 5.74) is 3.15. The van der Waals surface area contributed by atoms with Crippen molar-refractivity contribution in [3.63, 3.8) is 0 Å². The summed E-state index contributed by atoms with van der Waals surface area (Å²) in [6.45, 7) is 0. The normalized spacial score (nSPS) is 15.9. The van der Waals surface area contributed by atoms with Gasteiger partial charge in [0, 0.05) is 10.6 Å². The van der Waals surface area contributed by atoms with Gasteiger partial charge < -0.3 is 0 Å². The molecule has 0 bridgehead atoms. The van der Waals surface area contributed by atoms with Gasteiger partial charge in [0.25, 0.3) is 0 Å². The molecule has 0 unspecified atom stereocenters. The second-order valence-electron chi connectivity index (χ2n) is 6.21. The first kappa shape index (κ1) is 16.0. The van der Waals surface area contributed by atoms with Gasteiger partial charge >= 0.3 is 0 Å². The zero-order valence-electron chi connectivity index (χ0n) is 13.2. The van der Waals surface area contributed by atoms with Gasteiger partial charge in [-0.3, -0.25) is 4.79 Å². The van der Waals surface area contributed by atoms with Crippen LogP contribution >= 0.6 is 11.6 Å². The average Bonchev–Trinajstić information content (AvgIpc) is 2.61. The molecule has 2 aromatic carbocycles. The summed E-state index contributed by atoms with van der Waals surface area (Å²) in [6, 6.07) is 15.6. The predicted octanol–water partition coefficient (Wildman–Crippen LogP) is 6.28. The highest BCUT2D eigenvalue weighted by Crippen LogP contribution is 2.32. The predicted molar refractivity (Wildman–Crippen MR) is 97.1 cm³/mol. The number of rotatable bonds is 4. The molecule has 1 aliphatic carbocycles. The fourth-order valence-electron chi connectivity index (χ4n) is 3.20. The van der Waals surface area contributed by atoms with Crippen molar-refractivity contribution in [1.82, 2.24) is 0 Å². The first-order valence-corrected chi connectivity index (χ1v) is 8.68. The molecular formula is C21H21ClO. The highest BCUT2D eigenvalue weighted by Gasteiger charge is 2.14. The van der Waals surface area contributed by atoms with Crippen molar-refractivity contribution in [1.29, 1.82) is 0 Å². The minimum absolute atomic E-state index is 0.00183. The van der Waals surface area contributed by atoms with Gasteiger partial charge in [-0.25, -0.2) is 0 Å². The number of hydrogen-bond donors (Lipinski definition) is 0. The van der Waals surface area contributed by atoms with Crippen LogP contribution in [0.2, 0.25) is 5.02 Å². The van der Waals surface area contributed by atoms with E-state index in [1.165, 1.54) is 37.7 Å². The summed E-state index contributed by atoms with van der Waals surface area (Å²) in [6.07, 6.45) is 10.2. The van der Waals surface area contributed by atoms with Crippen molar-refractivity contribution in [3.05, 3.63) is 76.3 Å². The van der Waals surface area contributed by atoms with Crippen molar-refractivity contribution < 1.29 is 4.79 Å². The Hall–Kier alpha value is -1.86. The maximum Gasteiger partial charge on any atom is 0.185 e. The Morgan fingerprint density at radius 2 is 1.57 bits per heavy atom. The minimum Gasteiger partial charge on any atom is -0.289 e. The Morgan fingerprint density at radius 1 is 0.913 bits per heavy atom. The summed E-state index contributed by atoms with van der Waals surface area (Å²) in [4.78, 5) is 12.1. The molecular weight excluding hydrogens is 304 g/mol. The molecule has 0 amide bonds. The molecule has 0 atom stereocenters. The summed E-state index contributed by atoms with van der Waals surface area (Å²) in [7, 11) is 0. The van der Waals surface area contributed by atoms with E-state index in [-0.39, 0.29) is 5.78 Å². The van der Waals surface area contributed by atoms with Gasteiger partial charge in [0.05, 0.1) is 0 Å². The summed E-state index contributed by atoms with van der Waals surface area (Å²) >= 11 is 5.84. The van der Waals surface area contributed by atoms with Gasteiger partial charge in [-0.1, -0.05) is 61.2 Å². The van der Waals surface area contributed by atoms with Crippen LogP contribution in [0.3, 0.4) is 0 Å². The molecule has 118 valence electrons. The molecule has 1 saturated carbocycles. The number of carbonyl (C=O) groups is 1. The maximum absolute atomic E-state index is 12.1. The fourth-order valence-corrected chi connectivity index (χ4v) is 3.32. The number of ketones is 1. The van der Waals surface area contributed by atoms with Gasteiger partial charge in [0.2, 0.25) is 0 Å². The lowest BCUT2D eigenvalue weighted by molar-refractivity contribution is 0.104. The molecule has 0 aromatic heterocycles. The van der Waals surface area contributed by atoms with Crippen molar-refractivity contribution in [2.45, 2.75) is 38.0 Å². The Bertz CT molecular complexity index is 677. The smallest absolute Gasteiger partial charge is 0.185 e. The largest absolute Gasteiger partial charge is 0.289 e. The van der Waals surface area contributed by atoms with E-state index >= 15 is 0 Å². The molecule has 0 aliphatic heterocycles. The lowest BCUT2D eigenvalue weighted by Gasteiger charge is -2.21. The van der Waals surface area contributed by atoms with E-state index in [0.717, 1.165) is 11.5 Å². The molecule has 1 fully saturated rings. The molecule has 2 aromatic rings. The summed E-state index contributed by atoms with van der Waals surface area (Å²) in [5, 5.41) is 0.642. The molecule has 0 heterocycles. The van der Waals surface area contributed by atoms with E-state index in [1.54, 1.807) is 30.3 Å². The van der Waals surface area contributed by atoms with Crippen LogP contribution in [-0.2, 0) is 0 Å². The molecule has 0 N–H and O–H groups in total. The van der Waals surface area contributed by atoms with Gasteiger partial charge in [-0.15, -0.1) is 0 Å². The summed E-state index contributed by atoms with van der Waals surface area (Å²) in [5.74, 6) is 0.718. The molecule has 1 nitrogen and oxygen atoms in total. The van der Waals surface area contributed by atoms with Crippen molar-refractivity contribution in [2.75, 3.05) is 0 Å². The van der Waals surface area contributed by atoms with Gasteiger partial charge in [0.1, 0.15) is 0 Å². The third-order valence-electron chi connectivity index (χ3n) is 4.57. The highest BCUT2D eigenvalue weighted by molar-refractivity contribution is 6.30. The van der Waals surface area contributed by atoms with Gasteiger partial charge in [-0.05, 0) is 60.2 Å². The Labute approximate surface area is 143 Å². The lowest BCUT2D eigenvalue weighted by atomic mass is 9.84. The van der Waals surface area contributed by atoms with E-state index in [0.29, 0.717) is 10.6 Å². The fraction of sp³-hybridized carbons (Fsp3) is 0.286. The van der Waals surface area contributed by atoms with Gasteiger partial charge in [0.15, 0.2) is 5.78 Å². The molecule has 3 rings (SSSR count). The third kappa shape index (κ3) is 4.33. The van der Waals surface area contributed by atoms with E-state index in [2.05, 4.69) is 24.3 Å². The van der Waals surface area contributed by atoms with E-state index in [1.807, 2.05) is 6.08 Å². The Morgan fingerprint density at radius 3 is 2.22 bits per heavy atom. The molecule has 0 spiro atoms. The quantitative estimate of drug-likeness (QED) is 0.477. The van der Waals surface area contributed by atoms with Crippen LogP contribution in [-0.4, -0.2) is 5.78 Å². The third-order valence-corrected chi connectivity index (χ3v) is 4.82. The molecule has 0 radical (unpaired) electrons. The standard InChI is InChI=1S/C21H21ClO/c22-20-13-11-19(12-14-20)21(23)15-8-16-6-9-18(10-7-16)17-4-2-1-3-5-17/h6-15,17H,1-5H2/b15-8+. The van der Waals surface area contributed by atoms with Gasteiger partial charge in [-0.2, -0.15) is 0 Å². The lowest BCUT2D eigenvalue weighted by Crippen LogP contribution is -2.04. The highest BCUT2D eigenvalue weighted by atomic mass is 35.5. The minimum atomic E-state index is -0.00183. The van der Waals surface area contributed by atoms with Crippen LogP contribution in [0.1, 0.15) is 59.5 Å². The van der Waals surface area contributed by atoms with Crippen LogP contribution in [0.5, 0.6) is 0 Å². The first-order valence-electron chi connectivity index (χ1n) is 8.30. The average molecular weight is 325 g/mol. The van der Waals surface area contributed by atoms with Crippen molar-refractivity contribution in [2.24, 2.45) is 0 Å². The van der Waals surface area contributed by atoms with E-state index < -0.39 is 0 Å². The SMILES string of the molecule is O=C(/C=C/c1ccc(C2CCCCC2)cc1)c1ccc(Cl)cc1. The number of benzene rings is 2. The first-order chi connectivity index (χ1) is 11.2. The number of carbonyl (C=O) groups excluding carboxylic acids is 1. The van der Waals surface area contributed by atoms with Crippen molar-refractivity contribution >= 4 is 23.5 Å². The Kier molecular flexibility index (Phi) is 5.30.